The normalized spacial score (nSPS) is 11.3. The molecule has 1 amide bonds. The Labute approximate surface area is 158 Å². The number of primary amides is 1. The average Bonchev–Trinajstić information content (AvgIpc) is 3.01. The van der Waals surface area contributed by atoms with E-state index in [1.54, 1.807) is 24.3 Å². The lowest BCUT2D eigenvalue weighted by molar-refractivity contribution is 0.0996. The second-order valence-corrected chi connectivity index (χ2v) is 6.44. The van der Waals surface area contributed by atoms with Crippen molar-refractivity contribution >= 4 is 22.5 Å². The molecule has 0 unspecified atom stereocenters. The van der Waals surface area contributed by atoms with Crippen molar-refractivity contribution in [1.29, 1.82) is 0 Å². The molecule has 0 fully saturated rings. The smallest absolute Gasteiger partial charge is 0.251 e. The van der Waals surface area contributed by atoms with Crippen molar-refractivity contribution in [2.24, 2.45) is 5.73 Å². The lowest BCUT2D eigenvalue weighted by atomic mass is 10.1. The van der Waals surface area contributed by atoms with E-state index >= 15 is 0 Å². The maximum absolute atomic E-state index is 14.6. The zero-order chi connectivity index (χ0) is 20.2. The Morgan fingerprint density at radius 2 is 1.79 bits per heavy atom. The van der Waals surface area contributed by atoms with Crippen LogP contribution in [-0.4, -0.2) is 27.4 Å². The number of carbonyl (C=O) groups is 1. The second kappa shape index (κ2) is 6.26. The van der Waals surface area contributed by atoms with E-state index in [0.29, 0.717) is 39.6 Å². The molecule has 8 heteroatoms. The van der Waals surface area contributed by atoms with Gasteiger partial charge in [0, 0.05) is 17.7 Å². The fraction of sp³-hybridized carbons (Fsp3) is 0.150. The average molecular weight is 382 g/mol. The van der Waals surface area contributed by atoms with Crippen LogP contribution in [0.4, 0.5) is 8.78 Å². The summed E-state index contributed by atoms with van der Waals surface area (Å²) in [7, 11) is 1.44. The fourth-order valence-electron chi connectivity index (χ4n) is 3.41. The Bertz CT molecular complexity index is 1280. The van der Waals surface area contributed by atoms with Crippen LogP contribution < -0.4 is 10.5 Å². The van der Waals surface area contributed by atoms with Gasteiger partial charge in [-0.1, -0.05) is 0 Å². The third-order valence-corrected chi connectivity index (χ3v) is 4.66. The van der Waals surface area contributed by atoms with Gasteiger partial charge in [0.05, 0.1) is 35.1 Å². The minimum Gasteiger partial charge on any atom is -0.497 e. The monoisotopic (exact) mass is 382 g/mol. The number of nitrogens with zero attached hydrogens (tertiary/aromatic N) is 3. The number of carbonyl (C=O) groups excluding carboxylic acids is 1. The maximum atomic E-state index is 14.6. The van der Waals surface area contributed by atoms with Crippen LogP contribution in [0.15, 0.2) is 30.3 Å². The largest absolute Gasteiger partial charge is 0.497 e. The Hall–Kier alpha value is -3.55. The Kier molecular flexibility index (Phi) is 3.99. The first-order chi connectivity index (χ1) is 13.3. The first-order valence-electron chi connectivity index (χ1n) is 8.44. The van der Waals surface area contributed by atoms with Crippen LogP contribution in [0.1, 0.15) is 21.7 Å². The zero-order valence-electron chi connectivity index (χ0n) is 15.4. The molecule has 0 aliphatic heterocycles. The molecule has 0 bridgehead atoms. The Morgan fingerprint density at radius 1 is 1.07 bits per heavy atom. The number of hydrogen-bond donors (Lipinski definition) is 1. The number of benzene rings is 2. The summed E-state index contributed by atoms with van der Waals surface area (Å²) in [4.78, 5) is 20.5. The third kappa shape index (κ3) is 2.57. The molecule has 4 rings (SSSR count). The number of aromatic nitrogens is 3. The first kappa shape index (κ1) is 17.8. The molecule has 6 nitrogen and oxygen atoms in total. The minimum atomic E-state index is -0.882. The quantitative estimate of drug-likeness (QED) is 0.587. The summed E-state index contributed by atoms with van der Waals surface area (Å²) in [6.45, 7) is 3.56. The molecule has 0 aliphatic carbocycles. The molecule has 2 aromatic heterocycles. The lowest BCUT2D eigenvalue weighted by Crippen LogP contribution is -2.13. The van der Waals surface area contributed by atoms with E-state index < -0.39 is 17.5 Å². The second-order valence-electron chi connectivity index (χ2n) is 6.44. The van der Waals surface area contributed by atoms with Crippen LogP contribution in [0.5, 0.6) is 5.75 Å². The molecule has 0 aliphatic rings. The van der Waals surface area contributed by atoms with Gasteiger partial charge in [-0.3, -0.25) is 9.20 Å². The van der Waals surface area contributed by atoms with Crippen LogP contribution in [0.25, 0.3) is 27.9 Å². The summed E-state index contributed by atoms with van der Waals surface area (Å²) >= 11 is 0. The van der Waals surface area contributed by atoms with E-state index in [2.05, 4.69) is 9.97 Å². The van der Waals surface area contributed by atoms with Gasteiger partial charge in [-0.05, 0) is 32.0 Å². The van der Waals surface area contributed by atoms with E-state index in [1.807, 2.05) is 0 Å². The number of methoxy groups -OCH3 is 1. The van der Waals surface area contributed by atoms with Crippen molar-refractivity contribution in [3.8, 4) is 17.1 Å². The SMILES string of the molecule is COc1cc(F)c2nc(C)c3c(C)nc(-c4ccc(F)c(C(N)=O)c4)n3c2c1. The standard InChI is InChI=1S/C20H16F2N4O2/c1-9-18-10(2)25-20(11-4-5-14(21)13(6-11)19(23)27)26(18)16-8-12(28-3)7-15(22)17(16)24-9/h4-8H,1-3H3,(H2,23,27). The molecular formula is C20H16F2N4O2. The van der Waals surface area contributed by atoms with Crippen molar-refractivity contribution < 1.29 is 18.3 Å². The van der Waals surface area contributed by atoms with Gasteiger partial charge >= 0.3 is 0 Å². The number of amides is 1. The van der Waals surface area contributed by atoms with E-state index in [0.717, 1.165) is 6.07 Å². The van der Waals surface area contributed by atoms with Crippen molar-refractivity contribution in [1.82, 2.24) is 14.4 Å². The number of ether oxygens (including phenoxy) is 1. The summed E-state index contributed by atoms with van der Waals surface area (Å²) in [5.74, 6) is -1.39. The van der Waals surface area contributed by atoms with E-state index in [-0.39, 0.29) is 11.1 Å². The molecule has 0 saturated carbocycles. The van der Waals surface area contributed by atoms with Crippen LogP contribution in [0.3, 0.4) is 0 Å². The van der Waals surface area contributed by atoms with E-state index in [9.17, 15) is 13.6 Å². The number of halogens is 2. The molecule has 4 aromatic rings. The molecule has 28 heavy (non-hydrogen) atoms. The first-order valence-corrected chi connectivity index (χ1v) is 8.44. The molecule has 2 aromatic carbocycles. The highest BCUT2D eigenvalue weighted by Crippen LogP contribution is 2.32. The van der Waals surface area contributed by atoms with Gasteiger partial charge < -0.3 is 10.5 Å². The van der Waals surface area contributed by atoms with Crippen molar-refractivity contribution in [3.63, 3.8) is 0 Å². The summed E-state index contributed by atoms with van der Waals surface area (Å²) in [5, 5.41) is 0. The summed E-state index contributed by atoms with van der Waals surface area (Å²) in [6.07, 6.45) is 0. The molecular weight excluding hydrogens is 366 g/mol. The fourth-order valence-corrected chi connectivity index (χ4v) is 3.41. The zero-order valence-corrected chi connectivity index (χ0v) is 15.4. The van der Waals surface area contributed by atoms with Gasteiger partial charge in [0.1, 0.15) is 22.9 Å². The lowest BCUT2D eigenvalue weighted by Gasteiger charge is -2.11. The van der Waals surface area contributed by atoms with Crippen LogP contribution in [0, 0.1) is 25.5 Å². The van der Waals surface area contributed by atoms with Crippen LogP contribution >= 0.6 is 0 Å². The van der Waals surface area contributed by atoms with Gasteiger partial charge in [-0.15, -0.1) is 0 Å². The predicted octanol–water partition coefficient (Wildman–Crippen LogP) is 3.55. The van der Waals surface area contributed by atoms with Gasteiger partial charge in [-0.25, -0.2) is 18.7 Å². The molecule has 0 saturated heterocycles. The van der Waals surface area contributed by atoms with Gasteiger partial charge in [0.2, 0.25) is 0 Å². The highest BCUT2D eigenvalue weighted by Gasteiger charge is 2.20. The van der Waals surface area contributed by atoms with Crippen molar-refractivity contribution in [2.75, 3.05) is 7.11 Å². The van der Waals surface area contributed by atoms with Crippen LogP contribution in [-0.2, 0) is 0 Å². The molecule has 0 spiro atoms. The van der Waals surface area contributed by atoms with Crippen molar-refractivity contribution in [2.45, 2.75) is 13.8 Å². The molecule has 142 valence electrons. The number of aryl methyl sites for hydroxylation is 2. The van der Waals surface area contributed by atoms with Gasteiger partial charge in [0.25, 0.3) is 5.91 Å². The van der Waals surface area contributed by atoms with Crippen LogP contribution in [0.2, 0.25) is 0 Å². The maximum Gasteiger partial charge on any atom is 0.251 e. The van der Waals surface area contributed by atoms with E-state index in [1.165, 1.54) is 25.3 Å². The molecule has 2 N–H and O–H groups in total. The number of fused-ring (bicyclic) bond motifs is 3. The Morgan fingerprint density at radius 3 is 2.46 bits per heavy atom. The Balaban J connectivity index is 2.16. The molecule has 2 heterocycles. The summed E-state index contributed by atoms with van der Waals surface area (Å²) < 4.78 is 35.5. The summed E-state index contributed by atoms with van der Waals surface area (Å²) in [6, 6.07) is 6.90. The molecule has 0 radical (unpaired) electrons. The van der Waals surface area contributed by atoms with Gasteiger partial charge in [-0.2, -0.15) is 0 Å². The summed E-state index contributed by atoms with van der Waals surface area (Å²) in [5.41, 5.74) is 8.03. The van der Waals surface area contributed by atoms with E-state index in [4.69, 9.17) is 10.5 Å². The number of imidazole rings is 1. The topological polar surface area (TPSA) is 82.5 Å². The minimum absolute atomic E-state index is 0.154. The van der Waals surface area contributed by atoms with Crippen molar-refractivity contribution in [3.05, 3.63) is 58.9 Å². The number of hydrogen-bond acceptors (Lipinski definition) is 4. The number of nitrogens with two attached hydrogens (primary N) is 1. The predicted molar refractivity (Wildman–Crippen MR) is 100 cm³/mol. The highest BCUT2D eigenvalue weighted by molar-refractivity contribution is 5.94. The van der Waals surface area contributed by atoms with Gasteiger partial charge in [0.15, 0.2) is 5.82 Å². The highest BCUT2D eigenvalue weighted by atomic mass is 19.1. The third-order valence-electron chi connectivity index (χ3n) is 4.66. The number of rotatable bonds is 3. The molecule has 0 atom stereocenters.